The highest BCUT2D eigenvalue weighted by Crippen LogP contribution is 2.47. The number of hydrogen-bond acceptors (Lipinski definition) is 6. The van der Waals surface area contributed by atoms with E-state index in [-0.39, 0.29) is 17.5 Å². The van der Waals surface area contributed by atoms with Gasteiger partial charge in [0.15, 0.2) is 5.82 Å². The Balaban J connectivity index is 1.63. The van der Waals surface area contributed by atoms with Gasteiger partial charge in [-0.1, -0.05) is 60.3 Å². The molecule has 208 valence electrons. The molecule has 2 aromatic carbocycles. The summed E-state index contributed by atoms with van der Waals surface area (Å²) in [5.41, 5.74) is 3.89. The maximum absolute atomic E-state index is 14.2. The second-order valence-electron chi connectivity index (χ2n) is 9.79. The minimum Gasteiger partial charge on any atom is -0.326 e. The normalized spacial score (nSPS) is 23.5. The number of sulfonamides is 1. The Morgan fingerprint density at radius 3 is 2.59 bits per heavy atom. The summed E-state index contributed by atoms with van der Waals surface area (Å²) < 4.78 is 27.3. The van der Waals surface area contributed by atoms with Gasteiger partial charge >= 0.3 is 0 Å². The van der Waals surface area contributed by atoms with E-state index in [1.165, 1.54) is 0 Å². The van der Waals surface area contributed by atoms with Crippen molar-refractivity contribution in [1.82, 2.24) is 30.5 Å². The lowest BCUT2D eigenvalue weighted by Gasteiger charge is -2.49. The lowest BCUT2D eigenvalue weighted by Crippen LogP contribution is -2.59. The maximum atomic E-state index is 14.2. The van der Waals surface area contributed by atoms with Crippen LogP contribution in [0.2, 0.25) is 10.0 Å². The molecule has 5 rings (SSSR count). The van der Waals surface area contributed by atoms with E-state index in [1.807, 2.05) is 0 Å². The molecule has 2 amide bonds. The van der Waals surface area contributed by atoms with Crippen molar-refractivity contribution in [3.05, 3.63) is 75.0 Å². The zero-order chi connectivity index (χ0) is 27.7. The highest BCUT2D eigenvalue weighted by molar-refractivity contribution is 7.88. The van der Waals surface area contributed by atoms with Gasteiger partial charge in [0.25, 0.3) is 11.8 Å². The van der Waals surface area contributed by atoms with Gasteiger partial charge in [-0.15, -0.1) is 5.10 Å². The van der Waals surface area contributed by atoms with Gasteiger partial charge in [-0.3, -0.25) is 19.5 Å². The van der Waals surface area contributed by atoms with Gasteiger partial charge in [-0.2, -0.15) is 0 Å². The molecule has 1 aliphatic carbocycles. The van der Waals surface area contributed by atoms with Gasteiger partial charge in [0, 0.05) is 27.7 Å². The number of hydroxylamine groups is 1. The number of H-pyrrole nitrogens is 2. The summed E-state index contributed by atoms with van der Waals surface area (Å²) in [6.45, 7) is 0.00506. The molecule has 0 radical (unpaired) electrons. The molecule has 0 spiro atoms. The number of halogens is 2. The first-order valence-corrected chi connectivity index (χ1v) is 15.1. The summed E-state index contributed by atoms with van der Waals surface area (Å²) in [6.07, 6.45) is 3.80. The summed E-state index contributed by atoms with van der Waals surface area (Å²) in [5.74, 6) is -1.22. The molecule has 4 N–H and O–H groups in total. The number of nitrogens with one attached hydrogen (secondary N) is 4. The fourth-order valence-electron chi connectivity index (χ4n) is 5.57. The van der Waals surface area contributed by atoms with Gasteiger partial charge in [0.2, 0.25) is 10.0 Å². The lowest BCUT2D eigenvalue weighted by atomic mass is 9.76. The largest absolute Gasteiger partial charge is 0.326 e. The molecule has 11 nitrogen and oxygen atoms in total. The fraction of sp³-hybridized carbons (Fsp3) is 0.400. The number of carbonyl (C=O) groups excluding carboxylic acids is 2. The second kappa shape index (κ2) is 11.3. The van der Waals surface area contributed by atoms with Crippen LogP contribution in [0.1, 0.15) is 65.0 Å². The van der Waals surface area contributed by atoms with Crippen LogP contribution in [0.3, 0.4) is 0 Å². The minimum absolute atomic E-state index is 0.00506. The number of amides is 2. The third-order valence-corrected chi connectivity index (χ3v) is 8.46. The van der Waals surface area contributed by atoms with E-state index in [1.54, 1.807) is 47.4 Å². The average Bonchev–Trinajstić information content (AvgIpc) is 2.85. The van der Waals surface area contributed by atoms with Crippen molar-refractivity contribution in [2.45, 2.75) is 56.3 Å². The summed E-state index contributed by atoms with van der Waals surface area (Å²) in [4.78, 5) is 35.1. The molecule has 1 saturated carbocycles. The van der Waals surface area contributed by atoms with Crippen LogP contribution in [-0.4, -0.2) is 58.9 Å². The van der Waals surface area contributed by atoms with Gasteiger partial charge in [-0.05, 0) is 42.2 Å². The Labute approximate surface area is 235 Å². The summed E-state index contributed by atoms with van der Waals surface area (Å²) >= 11 is 12.9. The maximum Gasteiger partial charge on any atom is 0.255 e. The Hall–Kier alpha value is -2.90. The van der Waals surface area contributed by atoms with Crippen molar-refractivity contribution >= 4 is 45.0 Å². The summed E-state index contributed by atoms with van der Waals surface area (Å²) in [7, 11) is -3.57. The first-order chi connectivity index (χ1) is 18.6. The van der Waals surface area contributed by atoms with Crippen LogP contribution < -0.4 is 10.2 Å². The number of rotatable bonds is 8. The van der Waals surface area contributed by atoms with Crippen LogP contribution >= 0.6 is 23.2 Å². The number of carbonyl (C=O) groups is 2. The number of fused-ring (bicyclic) bond motifs is 1. The zero-order valence-electron chi connectivity index (χ0n) is 21.0. The molecule has 4 atom stereocenters. The van der Waals surface area contributed by atoms with Crippen LogP contribution in [-0.2, 0) is 26.3 Å². The molecular formula is C25H28Cl2N6O5S. The number of aromatic amines is 2. The predicted octanol–water partition coefficient (Wildman–Crippen LogP) is 3.43. The molecule has 0 saturated heterocycles. The van der Waals surface area contributed by atoms with Crippen LogP contribution in [0.25, 0.3) is 0 Å². The first-order valence-electron chi connectivity index (χ1n) is 12.5. The quantitative estimate of drug-likeness (QED) is 0.293. The topological polar surface area (TPSA) is 149 Å². The standard InChI is InChI=1S/C25H28Cl2N6O5S/c1-39(36,37)31-19-8-4-5-9-20(19)33-23(17-11-10-14(26)12-18(17)27)22(15-6-2-3-7-16(15)25(33)35)24(34)30-38-13-21-28-32-29-21/h2-3,6-7,10-12,19-20,22-23,31-32H,4-5,8-9,13H2,1H3,(H,28,29)(H,30,34)/t19-,20?,22+,23-/m0/s1. The van der Waals surface area contributed by atoms with Gasteiger partial charge < -0.3 is 4.90 Å². The SMILES string of the molecule is CS(=O)(=O)N[C@H]1CCCCC1N1C(=O)c2ccccc2[C@@H](C(=O)NOCc2n[nH][nH]2)[C@@H]1c1ccc(Cl)cc1Cl. The highest BCUT2D eigenvalue weighted by Gasteiger charge is 2.49. The summed E-state index contributed by atoms with van der Waals surface area (Å²) in [5, 5.41) is 9.78. The molecule has 2 heterocycles. The lowest BCUT2D eigenvalue weighted by molar-refractivity contribution is -0.138. The molecule has 3 aromatic rings. The summed E-state index contributed by atoms with van der Waals surface area (Å²) in [6, 6.07) is 9.89. The molecule has 1 fully saturated rings. The van der Waals surface area contributed by atoms with Crippen molar-refractivity contribution in [2.75, 3.05) is 6.26 Å². The number of nitrogens with zero attached hydrogens (tertiary/aromatic N) is 2. The van der Waals surface area contributed by atoms with Gasteiger partial charge in [-0.25, -0.2) is 23.8 Å². The Bertz CT molecular complexity index is 1470. The minimum atomic E-state index is -3.57. The number of hydrogen-bond donors (Lipinski definition) is 4. The van der Waals surface area contributed by atoms with Crippen molar-refractivity contribution in [2.24, 2.45) is 0 Å². The third-order valence-electron chi connectivity index (χ3n) is 7.16. The molecule has 0 bridgehead atoms. The first kappa shape index (κ1) is 27.7. The van der Waals surface area contributed by atoms with E-state index in [0.717, 1.165) is 19.1 Å². The van der Waals surface area contributed by atoms with Crippen molar-refractivity contribution in [3.8, 4) is 0 Å². The Morgan fingerprint density at radius 1 is 1.15 bits per heavy atom. The van der Waals surface area contributed by atoms with Gasteiger partial charge in [0.1, 0.15) is 6.61 Å². The van der Waals surface area contributed by atoms with E-state index in [0.29, 0.717) is 40.4 Å². The molecule has 1 aromatic heterocycles. The number of aromatic nitrogens is 3. The monoisotopic (exact) mass is 594 g/mol. The van der Waals surface area contributed by atoms with E-state index < -0.39 is 40.0 Å². The van der Waals surface area contributed by atoms with E-state index >= 15 is 0 Å². The molecule has 2 aliphatic rings. The Morgan fingerprint density at radius 2 is 1.90 bits per heavy atom. The van der Waals surface area contributed by atoms with Crippen molar-refractivity contribution in [1.29, 1.82) is 0 Å². The fourth-order valence-corrected chi connectivity index (χ4v) is 6.92. The van der Waals surface area contributed by atoms with Crippen molar-refractivity contribution < 1.29 is 22.8 Å². The molecule has 39 heavy (non-hydrogen) atoms. The third kappa shape index (κ3) is 5.85. The van der Waals surface area contributed by atoms with E-state index in [4.69, 9.17) is 28.0 Å². The Kier molecular flexibility index (Phi) is 8.01. The molecular weight excluding hydrogens is 567 g/mol. The van der Waals surface area contributed by atoms with Crippen LogP contribution in [0.5, 0.6) is 0 Å². The second-order valence-corrected chi connectivity index (χ2v) is 12.4. The molecule has 14 heteroatoms. The van der Waals surface area contributed by atoms with Crippen LogP contribution in [0.15, 0.2) is 42.5 Å². The van der Waals surface area contributed by atoms with Crippen molar-refractivity contribution in [3.63, 3.8) is 0 Å². The smallest absolute Gasteiger partial charge is 0.255 e. The van der Waals surface area contributed by atoms with E-state index in [2.05, 4.69) is 25.6 Å². The van der Waals surface area contributed by atoms with Gasteiger partial charge in [0.05, 0.1) is 18.2 Å². The molecule has 1 aliphatic heterocycles. The van der Waals surface area contributed by atoms with Crippen LogP contribution in [0.4, 0.5) is 0 Å². The average molecular weight is 596 g/mol. The highest BCUT2D eigenvalue weighted by atomic mass is 35.5. The van der Waals surface area contributed by atoms with Crippen LogP contribution in [0, 0.1) is 0 Å². The predicted molar refractivity (Wildman–Crippen MR) is 144 cm³/mol. The number of benzene rings is 2. The molecule has 1 unspecified atom stereocenters. The zero-order valence-corrected chi connectivity index (χ0v) is 23.3. The van der Waals surface area contributed by atoms with E-state index in [9.17, 15) is 18.0 Å².